The van der Waals surface area contributed by atoms with Gasteiger partial charge in [0.2, 0.25) is 0 Å². The van der Waals surface area contributed by atoms with E-state index in [0.717, 1.165) is 16.9 Å². The van der Waals surface area contributed by atoms with Gasteiger partial charge in [-0.2, -0.15) is 0 Å². The molecule has 2 aromatic rings. The molecule has 0 aliphatic carbocycles. The van der Waals surface area contributed by atoms with Crippen molar-refractivity contribution >= 4 is 11.6 Å². The maximum Gasteiger partial charge on any atom is 0.142 e. The van der Waals surface area contributed by atoms with Crippen molar-refractivity contribution in [1.29, 1.82) is 0 Å². The molecule has 4 heteroatoms. The van der Waals surface area contributed by atoms with Crippen molar-refractivity contribution in [3.05, 3.63) is 64.4 Å². The van der Waals surface area contributed by atoms with E-state index >= 15 is 0 Å². The number of nitrogens with two attached hydrogens (primary N) is 1. The van der Waals surface area contributed by atoms with Gasteiger partial charge in [0.05, 0.1) is 11.1 Å². The molecule has 0 aliphatic heterocycles. The lowest BCUT2D eigenvalue weighted by Crippen LogP contribution is -2.14. The van der Waals surface area contributed by atoms with E-state index in [1.54, 1.807) is 12.1 Å². The van der Waals surface area contributed by atoms with Crippen molar-refractivity contribution in [2.24, 2.45) is 5.73 Å². The number of halogens is 2. The zero-order chi connectivity index (χ0) is 15.4. The maximum atomic E-state index is 13.4. The Hall–Kier alpha value is -1.58. The molecule has 1 atom stereocenters. The first-order valence-electron chi connectivity index (χ1n) is 6.92. The van der Waals surface area contributed by atoms with Crippen LogP contribution in [0, 0.1) is 5.82 Å². The highest BCUT2D eigenvalue weighted by atomic mass is 35.5. The van der Waals surface area contributed by atoms with Gasteiger partial charge in [0.15, 0.2) is 0 Å². The minimum Gasteiger partial charge on any atom is -0.491 e. The van der Waals surface area contributed by atoms with Crippen molar-refractivity contribution < 1.29 is 9.13 Å². The summed E-state index contributed by atoms with van der Waals surface area (Å²) in [6.45, 7) is 3.95. The zero-order valence-electron chi connectivity index (χ0n) is 12.1. The summed E-state index contributed by atoms with van der Waals surface area (Å²) in [5.41, 5.74) is 7.98. The Morgan fingerprint density at radius 3 is 2.62 bits per heavy atom. The van der Waals surface area contributed by atoms with E-state index in [1.165, 1.54) is 6.07 Å². The Morgan fingerprint density at radius 2 is 1.95 bits per heavy atom. The van der Waals surface area contributed by atoms with Crippen LogP contribution in [0.5, 0.6) is 5.75 Å². The molecule has 2 aromatic carbocycles. The Balaban J connectivity index is 2.12. The minimum absolute atomic E-state index is 0.113. The molecule has 21 heavy (non-hydrogen) atoms. The van der Waals surface area contributed by atoms with Gasteiger partial charge in [-0.1, -0.05) is 29.8 Å². The minimum atomic E-state index is -0.418. The molecule has 2 N–H and O–H groups in total. The van der Waals surface area contributed by atoms with E-state index in [-0.39, 0.29) is 17.2 Å². The third-order valence-electron chi connectivity index (χ3n) is 3.10. The zero-order valence-corrected chi connectivity index (χ0v) is 12.9. The monoisotopic (exact) mass is 307 g/mol. The fourth-order valence-electron chi connectivity index (χ4n) is 2.13. The average molecular weight is 308 g/mol. The topological polar surface area (TPSA) is 35.2 Å². The van der Waals surface area contributed by atoms with Crippen LogP contribution in [0.25, 0.3) is 0 Å². The summed E-state index contributed by atoms with van der Waals surface area (Å²) in [4.78, 5) is 0. The van der Waals surface area contributed by atoms with Gasteiger partial charge in [-0.15, -0.1) is 0 Å². The number of hydrogen-bond donors (Lipinski definition) is 1. The summed E-state index contributed by atoms with van der Waals surface area (Å²) in [5.74, 6) is 0.374. The lowest BCUT2D eigenvalue weighted by atomic mass is 9.99. The molecule has 0 bridgehead atoms. The molecule has 1 unspecified atom stereocenters. The summed E-state index contributed by atoms with van der Waals surface area (Å²) >= 11 is 5.68. The Labute approximate surface area is 129 Å². The standard InChI is InChI=1S/C17H19ClFNO/c1-11(2)21-14-5-3-4-13(10-14)17(20)9-12-6-7-15(18)16(19)8-12/h3-8,10-11,17H,9,20H2,1-2H3. The predicted octanol–water partition coefficient (Wildman–Crippen LogP) is 4.51. The summed E-state index contributed by atoms with van der Waals surface area (Å²) in [6, 6.07) is 12.2. The van der Waals surface area contributed by atoms with Crippen molar-refractivity contribution in [3.8, 4) is 5.75 Å². The van der Waals surface area contributed by atoms with Gasteiger partial charge in [-0.25, -0.2) is 4.39 Å². The second kappa shape index (κ2) is 6.92. The summed E-state index contributed by atoms with van der Waals surface area (Å²) < 4.78 is 19.1. The molecule has 0 aromatic heterocycles. The third kappa shape index (κ3) is 4.45. The highest BCUT2D eigenvalue weighted by Crippen LogP contribution is 2.23. The van der Waals surface area contributed by atoms with E-state index in [2.05, 4.69) is 0 Å². The predicted molar refractivity (Wildman–Crippen MR) is 84.2 cm³/mol. The summed E-state index contributed by atoms with van der Waals surface area (Å²) in [6.07, 6.45) is 0.654. The molecule has 0 saturated heterocycles. The summed E-state index contributed by atoms with van der Waals surface area (Å²) in [7, 11) is 0. The number of rotatable bonds is 5. The lowest BCUT2D eigenvalue weighted by molar-refractivity contribution is 0.242. The van der Waals surface area contributed by atoms with Crippen LogP contribution in [-0.2, 0) is 6.42 Å². The largest absolute Gasteiger partial charge is 0.491 e. The van der Waals surface area contributed by atoms with Gasteiger partial charge in [0.25, 0.3) is 0 Å². The first-order chi connectivity index (χ1) is 9.95. The second-order valence-corrected chi connectivity index (χ2v) is 5.71. The Bertz CT molecular complexity index is 615. The first kappa shape index (κ1) is 15.8. The Kier molecular flexibility index (Phi) is 5.21. The van der Waals surface area contributed by atoms with Crippen molar-refractivity contribution in [3.63, 3.8) is 0 Å². The molecular formula is C17H19ClFNO. The highest BCUT2D eigenvalue weighted by Gasteiger charge is 2.10. The third-order valence-corrected chi connectivity index (χ3v) is 3.40. The van der Waals surface area contributed by atoms with Crippen molar-refractivity contribution in [2.75, 3.05) is 0 Å². The molecule has 0 heterocycles. The van der Waals surface area contributed by atoms with Gasteiger partial charge in [0, 0.05) is 6.04 Å². The van der Waals surface area contributed by atoms with Crippen LogP contribution in [0.3, 0.4) is 0 Å². The first-order valence-corrected chi connectivity index (χ1v) is 7.29. The van der Waals surface area contributed by atoms with E-state index in [9.17, 15) is 4.39 Å². The average Bonchev–Trinajstić information content (AvgIpc) is 2.42. The smallest absolute Gasteiger partial charge is 0.142 e. The second-order valence-electron chi connectivity index (χ2n) is 5.30. The molecule has 0 fully saturated rings. The highest BCUT2D eigenvalue weighted by molar-refractivity contribution is 6.30. The van der Waals surface area contributed by atoms with Gasteiger partial charge in [-0.3, -0.25) is 0 Å². The van der Waals surface area contributed by atoms with Gasteiger partial charge in [0.1, 0.15) is 11.6 Å². The number of benzene rings is 2. The molecule has 0 spiro atoms. The van der Waals surface area contributed by atoms with Crippen LogP contribution in [0.2, 0.25) is 5.02 Å². The van der Waals surface area contributed by atoms with E-state index < -0.39 is 5.82 Å². The maximum absolute atomic E-state index is 13.4. The summed E-state index contributed by atoms with van der Waals surface area (Å²) in [5, 5.41) is 0.125. The van der Waals surface area contributed by atoms with Gasteiger partial charge < -0.3 is 10.5 Å². The number of ether oxygens (including phenoxy) is 1. The molecule has 0 saturated carbocycles. The molecule has 2 nitrogen and oxygen atoms in total. The van der Waals surface area contributed by atoms with E-state index in [1.807, 2.05) is 38.1 Å². The van der Waals surface area contributed by atoms with Crippen LogP contribution in [0.15, 0.2) is 42.5 Å². The lowest BCUT2D eigenvalue weighted by Gasteiger charge is -2.15. The van der Waals surface area contributed by atoms with Crippen LogP contribution in [0.4, 0.5) is 4.39 Å². The van der Waals surface area contributed by atoms with Crippen LogP contribution in [0.1, 0.15) is 31.0 Å². The number of hydrogen-bond acceptors (Lipinski definition) is 2. The Morgan fingerprint density at radius 1 is 1.19 bits per heavy atom. The quantitative estimate of drug-likeness (QED) is 0.882. The van der Waals surface area contributed by atoms with Crippen LogP contribution >= 0.6 is 11.6 Å². The molecule has 2 rings (SSSR count). The van der Waals surface area contributed by atoms with Gasteiger partial charge in [-0.05, 0) is 55.7 Å². The molecular weight excluding hydrogens is 289 g/mol. The molecule has 0 amide bonds. The molecule has 0 aliphatic rings. The van der Waals surface area contributed by atoms with Crippen LogP contribution < -0.4 is 10.5 Å². The molecule has 112 valence electrons. The molecule has 0 radical (unpaired) electrons. The van der Waals surface area contributed by atoms with E-state index in [0.29, 0.717) is 6.42 Å². The van der Waals surface area contributed by atoms with Crippen LogP contribution in [-0.4, -0.2) is 6.10 Å². The van der Waals surface area contributed by atoms with Crippen molar-refractivity contribution in [1.82, 2.24) is 0 Å². The normalized spacial score (nSPS) is 12.5. The van der Waals surface area contributed by atoms with E-state index in [4.69, 9.17) is 22.1 Å². The van der Waals surface area contributed by atoms with Crippen molar-refractivity contribution in [2.45, 2.75) is 32.4 Å². The fourth-order valence-corrected chi connectivity index (χ4v) is 2.25. The SMILES string of the molecule is CC(C)Oc1cccc(C(N)Cc2ccc(Cl)c(F)c2)c1. The van der Waals surface area contributed by atoms with Gasteiger partial charge >= 0.3 is 0 Å². The fraction of sp³-hybridized carbons (Fsp3) is 0.294.